The quantitative estimate of drug-likeness (QED) is 0.653. The van der Waals surface area contributed by atoms with Crippen LogP contribution in [0, 0.1) is 0 Å². The van der Waals surface area contributed by atoms with Crippen LogP contribution in [-0.2, 0) is 11.2 Å². The van der Waals surface area contributed by atoms with Gasteiger partial charge in [0.2, 0.25) is 0 Å². The van der Waals surface area contributed by atoms with Gasteiger partial charge in [-0.25, -0.2) is 0 Å². The fraction of sp³-hybridized carbons (Fsp3) is 0.125. The van der Waals surface area contributed by atoms with Gasteiger partial charge >= 0.3 is 0 Å². The fourth-order valence-electron chi connectivity index (χ4n) is 1.000. The summed E-state index contributed by atoms with van der Waals surface area (Å²) in [6.07, 6.45) is 1.52. The third-order valence-electron chi connectivity index (χ3n) is 1.48. The van der Waals surface area contributed by atoms with Crippen LogP contribution in [0.1, 0.15) is 4.88 Å². The van der Waals surface area contributed by atoms with E-state index in [-0.39, 0.29) is 0 Å². The molecule has 0 bridgehead atoms. The van der Waals surface area contributed by atoms with Crippen LogP contribution >= 0.6 is 22.7 Å². The largest absolute Gasteiger partial charge is 0.303 e. The highest BCUT2D eigenvalue weighted by Gasteiger charge is 2.00. The minimum atomic E-state index is 0.562. The van der Waals surface area contributed by atoms with Crippen LogP contribution < -0.4 is 0 Å². The van der Waals surface area contributed by atoms with E-state index in [1.54, 1.807) is 22.7 Å². The molecule has 0 unspecified atom stereocenters. The van der Waals surface area contributed by atoms with Gasteiger partial charge in [-0.1, -0.05) is 0 Å². The number of thiophene rings is 2. The highest BCUT2D eigenvalue weighted by Crippen LogP contribution is 2.30. The third kappa shape index (κ3) is 1.21. The fourth-order valence-corrected chi connectivity index (χ4v) is 3.10. The number of carbonyl (C=O) groups excluding carboxylic acids is 1. The first-order chi connectivity index (χ1) is 5.40. The molecule has 2 aromatic heterocycles. The van der Waals surface area contributed by atoms with E-state index >= 15 is 0 Å². The first-order valence-corrected chi connectivity index (χ1v) is 4.99. The average Bonchev–Trinajstić information content (AvgIpc) is 2.46. The Morgan fingerprint density at radius 1 is 1.55 bits per heavy atom. The molecule has 0 N–H and O–H groups in total. The van der Waals surface area contributed by atoms with Gasteiger partial charge in [0.15, 0.2) is 0 Å². The molecule has 1 nitrogen and oxygen atoms in total. The lowest BCUT2D eigenvalue weighted by Gasteiger charge is -1.79. The van der Waals surface area contributed by atoms with Gasteiger partial charge in [-0.15, -0.1) is 22.7 Å². The molecular formula is C8H6OS2. The minimum absolute atomic E-state index is 0.562. The van der Waals surface area contributed by atoms with Crippen molar-refractivity contribution >= 4 is 38.4 Å². The molecule has 0 aliphatic rings. The second-order valence-corrected chi connectivity index (χ2v) is 4.56. The van der Waals surface area contributed by atoms with Crippen LogP contribution in [0.3, 0.4) is 0 Å². The number of carbonyl (C=O) groups is 1. The van der Waals surface area contributed by atoms with Crippen LogP contribution in [0.2, 0.25) is 0 Å². The zero-order chi connectivity index (χ0) is 7.68. The van der Waals surface area contributed by atoms with Crippen molar-refractivity contribution in [1.29, 1.82) is 0 Å². The van der Waals surface area contributed by atoms with Crippen molar-refractivity contribution in [2.24, 2.45) is 0 Å². The van der Waals surface area contributed by atoms with E-state index in [4.69, 9.17) is 0 Å². The zero-order valence-electron chi connectivity index (χ0n) is 5.74. The maximum Gasteiger partial charge on any atom is 0.125 e. The van der Waals surface area contributed by atoms with Gasteiger partial charge in [-0.3, -0.25) is 0 Å². The number of hydrogen-bond donors (Lipinski definition) is 0. The second-order valence-electron chi connectivity index (χ2n) is 2.25. The maximum atomic E-state index is 10.2. The molecule has 0 saturated heterocycles. The number of hydrogen-bond acceptors (Lipinski definition) is 3. The number of fused-ring (bicyclic) bond motifs is 1. The molecular weight excluding hydrogens is 176 g/mol. The van der Waals surface area contributed by atoms with E-state index < -0.39 is 0 Å². The third-order valence-corrected chi connectivity index (χ3v) is 3.71. The van der Waals surface area contributed by atoms with Crippen LogP contribution in [0.25, 0.3) is 9.40 Å². The Kier molecular flexibility index (Phi) is 1.75. The smallest absolute Gasteiger partial charge is 0.125 e. The number of rotatable bonds is 2. The Hall–Kier alpha value is -0.670. The van der Waals surface area contributed by atoms with E-state index in [0.29, 0.717) is 6.42 Å². The molecule has 0 saturated carbocycles. The SMILES string of the molecule is O=CCc1cc2ccsc2s1. The first kappa shape index (κ1) is 7.00. The maximum absolute atomic E-state index is 10.2. The van der Waals surface area contributed by atoms with Crippen molar-refractivity contribution in [2.45, 2.75) is 6.42 Å². The van der Waals surface area contributed by atoms with Crippen molar-refractivity contribution < 1.29 is 4.79 Å². The molecule has 0 spiro atoms. The lowest BCUT2D eigenvalue weighted by atomic mass is 10.3. The Morgan fingerprint density at radius 2 is 2.45 bits per heavy atom. The van der Waals surface area contributed by atoms with E-state index in [1.165, 1.54) is 14.3 Å². The molecule has 0 fully saturated rings. The number of aldehydes is 1. The Labute approximate surface area is 72.3 Å². The van der Waals surface area contributed by atoms with Gasteiger partial charge in [0.1, 0.15) is 6.29 Å². The Morgan fingerprint density at radius 3 is 3.18 bits per heavy atom. The van der Waals surface area contributed by atoms with E-state index in [0.717, 1.165) is 6.29 Å². The van der Waals surface area contributed by atoms with Crippen molar-refractivity contribution in [3.63, 3.8) is 0 Å². The van der Waals surface area contributed by atoms with Crippen molar-refractivity contribution in [3.8, 4) is 0 Å². The Bertz CT molecular complexity index is 343. The summed E-state index contributed by atoms with van der Waals surface area (Å²) in [4.78, 5) is 11.4. The summed E-state index contributed by atoms with van der Waals surface area (Å²) in [6.45, 7) is 0. The van der Waals surface area contributed by atoms with Gasteiger partial charge in [0, 0.05) is 16.7 Å². The average molecular weight is 182 g/mol. The molecule has 0 amide bonds. The molecule has 0 aromatic carbocycles. The first-order valence-electron chi connectivity index (χ1n) is 3.29. The van der Waals surface area contributed by atoms with Crippen LogP contribution in [0.5, 0.6) is 0 Å². The summed E-state index contributed by atoms with van der Waals surface area (Å²) in [5.41, 5.74) is 0. The molecule has 56 valence electrons. The molecule has 0 aliphatic carbocycles. The topological polar surface area (TPSA) is 17.1 Å². The van der Waals surface area contributed by atoms with Crippen molar-refractivity contribution in [3.05, 3.63) is 22.4 Å². The summed E-state index contributed by atoms with van der Waals surface area (Å²) in [5.74, 6) is 0. The normalized spacial score (nSPS) is 10.5. The highest BCUT2D eigenvalue weighted by molar-refractivity contribution is 7.37. The van der Waals surface area contributed by atoms with Crippen LogP contribution in [-0.4, -0.2) is 6.29 Å². The van der Waals surface area contributed by atoms with Gasteiger partial charge in [-0.2, -0.15) is 0 Å². The van der Waals surface area contributed by atoms with Gasteiger partial charge < -0.3 is 4.79 Å². The monoisotopic (exact) mass is 182 g/mol. The lowest BCUT2D eigenvalue weighted by molar-refractivity contribution is -0.107. The Balaban J connectivity index is 2.49. The minimum Gasteiger partial charge on any atom is -0.303 e. The predicted octanol–water partition coefficient (Wildman–Crippen LogP) is 2.70. The lowest BCUT2D eigenvalue weighted by Crippen LogP contribution is -1.76. The van der Waals surface area contributed by atoms with Crippen molar-refractivity contribution in [1.82, 2.24) is 0 Å². The highest BCUT2D eigenvalue weighted by atomic mass is 32.2. The molecule has 0 atom stereocenters. The molecule has 3 heteroatoms. The standard InChI is InChI=1S/C8H6OS2/c9-3-1-7-5-6-2-4-10-8(6)11-7/h2-5H,1H2. The van der Waals surface area contributed by atoms with Crippen molar-refractivity contribution in [2.75, 3.05) is 0 Å². The molecule has 2 rings (SSSR count). The summed E-state index contributed by atoms with van der Waals surface area (Å²) < 4.78 is 1.32. The molecule has 0 aliphatic heterocycles. The van der Waals surface area contributed by atoms with Crippen LogP contribution in [0.4, 0.5) is 0 Å². The zero-order valence-corrected chi connectivity index (χ0v) is 7.37. The molecule has 2 heterocycles. The van der Waals surface area contributed by atoms with Crippen LogP contribution in [0.15, 0.2) is 17.5 Å². The predicted molar refractivity (Wildman–Crippen MR) is 49.5 cm³/mol. The molecule has 2 aromatic rings. The van der Waals surface area contributed by atoms with E-state index in [9.17, 15) is 4.79 Å². The van der Waals surface area contributed by atoms with Gasteiger partial charge in [0.05, 0.1) is 4.01 Å². The summed E-state index contributed by atoms with van der Waals surface area (Å²) in [6, 6.07) is 4.18. The second kappa shape index (κ2) is 2.75. The summed E-state index contributed by atoms with van der Waals surface area (Å²) >= 11 is 3.45. The summed E-state index contributed by atoms with van der Waals surface area (Å²) in [5, 5.41) is 3.35. The molecule has 0 radical (unpaired) electrons. The van der Waals surface area contributed by atoms with Gasteiger partial charge in [-0.05, 0) is 17.5 Å². The van der Waals surface area contributed by atoms with E-state index in [1.807, 2.05) is 0 Å². The summed E-state index contributed by atoms with van der Waals surface area (Å²) in [7, 11) is 0. The van der Waals surface area contributed by atoms with Gasteiger partial charge in [0.25, 0.3) is 0 Å². The molecule has 11 heavy (non-hydrogen) atoms. The van der Waals surface area contributed by atoms with E-state index in [2.05, 4.69) is 17.5 Å².